The molecule has 0 spiro atoms. The molecule has 1 amide bonds. The van der Waals surface area contributed by atoms with Gasteiger partial charge in [-0.2, -0.15) is 10.2 Å². The number of rotatable bonds is 4. The fraction of sp³-hybridized carbons (Fsp3) is 0.0588. The molecular weight excluding hydrogens is 338 g/mol. The first-order valence-corrected chi connectivity index (χ1v) is 8.43. The van der Waals surface area contributed by atoms with Crippen LogP contribution in [0.5, 0.6) is 0 Å². The standard InChI is InChI=1S/C17H13N5O2S/c23-16(19-12-5-2-1-3-6-12)10-21-17(24)14-9-13(15-7-4-8-25-15)20-22(14)11-18-21/h1-9,11H,10H2,(H,19,23). The molecule has 25 heavy (non-hydrogen) atoms. The lowest BCUT2D eigenvalue weighted by atomic mass is 10.3. The monoisotopic (exact) mass is 351 g/mol. The van der Waals surface area contributed by atoms with Crippen LogP contribution in [0.3, 0.4) is 0 Å². The van der Waals surface area contributed by atoms with Crippen LogP contribution in [0.4, 0.5) is 5.69 Å². The van der Waals surface area contributed by atoms with Crippen LogP contribution in [0.15, 0.2) is 65.0 Å². The lowest BCUT2D eigenvalue weighted by Crippen LogP contribution is -2.30. The van der Waals surface area contributed by atoms with Crippen molar-refractivity contribution in [3.63, 3.8) is 0 Å². The largest absolute Gasteiger partial charge is 0.324 e. The zero-order valence-electron chi connectivity index (χ0n) is 13.0. The Morgan fingerprint density at radius 2 is 2.00 bits per heavy atom. The third kappa shape index (κ3) is 3.07. The van der Waals surface area contributed by atoms with E-state index < -0.39 is 0 Å². The highest BCUT2D eigenvalue weighted by Crippen LogP contribution is 2.23. The second kappa shape index (κ2) is 6.33. The number of amides is 1. The quantitative estimate of drug-likeness (QED) is 0.611. The molecule has 0 saturated carbocycles. The van der Waals surface area contributed by atoms with Gasteiger partial charge in [-0.3, -0.25) is 9.59 Å². The second-order valence-corrected chi connectivity index (χ2v) is 6.29. The Morgan fingerprint density at radius 1 is 1.16 bits per heavy atom. The summed E-state index contributed by atoms with van der Waals surface area (Å²) in [6.45, 7) is -0.163. The van der Waals surface area contributed by atoms with Crippen LogP contribution in [0.1, 0.15) is 0 Å². The molecule has 3 heterocycles. The van der Waals surface area contributed by atoms with Gasteiger partial charge in [0.2, 0.25) is 5.91 Å². The van der Waals surface area contributed by atoms with Gasteiger partial charge in [0, 0.05) is 5.69 Å². The Hall–Kier alpha value is -3.26. The Kier molecular flexibility index (Phi) is 3.87. The lowest BCUT2D eigenvalue weighted by molar-refractivity contribution is -0.117. The lowest BCUT2D eigenvalue weighted by Gasteiger charge is -2.06. The van der Waals surface area contributed by atoms with Gasteiger partial charge in [-0.15, -0.1) is 11.3 Å². The first-order valence-electron chi connectivity index (χ1n) is 7.55. The second-order valence-electron chi connectivity index (χ2n) is 5.34. The third-order valence-electron chi connectivity index (χ3n) is 3.61. The highest BCUT2D eigenvalue weighted by molar-refractivity contribution is 7.13. The van der Waals surface area contributed by atoms with E-state index in [-0.39, 0.29) is 18.0 Å². The van der Waals surface area contributed by atoms with Gasteiger partial charge in [0.1, 0.15) is 24.1 Å². The molecular formula is C17H13N5O2S. The van der Waals surface area contributed by atoms with Crippen molar-refractivity contribution in [3.8, 4) is 10.6 Å². The van der Waals surface area contributed by atoms with Crippen LogP contribution in [0.2, 0.25) is 0 Å². The number of carbonyl (C=O) groups is 1. The molecule has 4 aromatic rings. The third-order valence-corrected chi connectivity index (χ3v) is 4.51. The number of benzene rings is 1. The molecule has 0 aliphatic carbocycles. The normalized spacial score (nSPS) is 10.9. The van der Waals surface area contributed by atoms with Gasteiger partial charge in [0.05, 0.1) is 4.88 Å². The maximum absolute atomic E-state index is 12.6. The van der Waals surface area contributed by atoms with E-state index in [0.717, 1.165) is 9.56 Å². The molecule has 0 unspecified atom stereocenters. The molecule has 0 saturated heterocycles. The molecule has 0 radical (unpaired) electrons. The van der Waals surface area contributed by atoms with Gasteiger partial charge < -0.3 is 5.32 Å². The average molecular weight is 351 g/mol. The van der Waals surface area contributed by atoms with Crippen molar-refractivity contribution < 1.29 is 4.79 Å². The predicted octanol–water partition coefficient (Wildman–Crippen LogP) is 2.26. The molecule has 124 valence electrons. The summed E-state index contributed by atoms with van der Waals surface area (Å²) in [5.74, 6) is -0.317. The van der Waals surface area contributed by atoms with E-state index >= 15 is 0 Å². The maximum atomic E-state index is 12.6. The van der Waals surface area contributed by atoms with Crippen molar-refractivity contribution in [2.75, 3.05) is 5.32 Å². The number of carbonyl (C=O) groups excluding carboxylic acids is 1. The molecule has 0 atom stereocenters. The molecule has 0 bridgehead atoms. The van der Waals surface area contributed by atoms with Crippen LogP contribution >= 0.6 is 11.3 Å². The van der Waals surface area contributed by atoms with E-state index in [1.165, 1.54) is 10.8 Å². The Labute approximate surface area is 146 Å². The Balaban J connectivity index is 1.61. The van der Waals surface area contributed by atoms with Crippen LogP contribution in [0.25, 0.3) is 16.1 Å². The number of fused-ring (bicyclic) bond motifs is 1. The number of aromatic nitrogens is 4. The van der Waals surface area contributed by atoms with Crippen molar-refractivity contribution >= 4 is 28.4 Å². The van der Waals surface area contributed by atoms with E-state index in [1.54, 1.807) is 29.5 Å². The average Bonchev–Trinajstić information content (AvgIpc) is 3.27. The number of nitrogens with zero attached hydrogens (tertiary/aromatic N) is 4. The van der Waals surface area contributed by atoms with Gasteiger partial charge in [-0.1, -0.05) is 24.3 Å². The van der Waals surface area contributed by atoms with Gasteiger partial charge in [0.25, 0.3) is 5.56 Å². The molecule has 4 rings (SSSR count). The number of thiophene rings is 1. The molecule has 0 aliphatic heterocycles. The summed E-state index contributed by atoms with van der Waals surface area (Å²) < 4.78 is 2.57. The van der Waals surface area contributed by atoms with Gasteiger partial charge in [-0.25, -0.2) is 9.20 Å². The molecule has 1 aromatic carbocycles. The van der Waals surface area contributed by atoms with Gasteiger partial charge in [0.15, 0.2) is 0 Å². The van der Waals surface area contributed by atoms with E-state index in [1.807, 2.05) is 35.7 Å². The summed E-state index contributed by atoms with van der Waals surface area (Å²) in [5.41, 5.74) is 1.40. The number of nitrogens with one attached hydrogen (secondary N) is 1. The first-order chi connectivity index (χ1) is 12.2. The Bertz CT molecular complexity index is 1080. The maximum Gasteiger partial charge on any atom is 0.293 e. The van der Waals surface area contributed by atoms with Gasteiger partial charge >= 0.3 is 0 Å². The summed E-state index contributed by atoms with van der Waals surface area (Å²) in [6, 6.07) is 14.6. The summed E-state index contributed by atoms with van der Waals surface area (Å²) in [4.78, 5) is 25.7. The molecule has 8 heteroatoms. The van der Waals surface area contributed by atoms with Crippen molar-refractivity contribution in [1.29, 1.82) is 0 Å². The minimum atomic E-state index is -0.360. The van der Waals surface area contributed by atoms with Crippen molar-refractivity contribution in [2.45, 2.75) is 6.54 Å². The Morgan fingerprint density at radius 3 is 2.76 bits per heavy atom. The molecule has 3 aromatic heterocycles. The SMILES string of the molecule is O=C(Cn1ncn2nc(-c3cccs3)cc2c1=O)Nc1ccccc1. The summed E-state index contributed by atoms with van der Waals surface area (Å²) in [6.07, 6.45) is 1.43. The first kappa shape index (κ1) is 15.3. The highest BCUT2D eigenvalue weighted by Gasteiger charge is 2.12. The van der Waals surface area contributed by atoms with E-state index in [2.05, 4.69) is 15.5 Å². The van der Waals surface area contributed by atoms with Crippen LogP contribution in [0, 0.1) is 0 Å². The number of anilines is 1. The minimum Gasteiger partial charge on any atom is -0.324 e. The summed E-state index contributed by atoms with van der Waals surface area (Å²) in [7, 11) is 0. The molecule has 0 aliphatic rings. The zero-order chi connectivity index (χ0) is 17.2. The highest BCUT2D eigenvalue weighted by atomic mass is 32.1. The molecule has 0 fully saturated rings. The number of hydrogen-bond acceptors (Lipinski definition) is 5. The zero-order valence-corrected chi connectivity index (χ0v) is 13.8. The van der Waals surface area contributed by atoms with Crippen LogP contribution in [-0.4, -0.2) is 25.3 Å². The van der Waals surface area contributed by atoms with Gasteiger partial charge in [-0.05, 0) is 29.6 Å². The fourth-order valence-corrected chi connectivity index (χ4v) is 3.13. The number of para-hydroxylation sites is 1. The van der Waals surface area contributed by atoms with E-state index in [0.29, 0.717) is 16.9 Å². The number of hydrogen-bond donors (Lipinski definition) is 1. The summed E-state index contributed by atoms with van der Waals surface area (Å²) in [5, 5.41) is 13.1. The van der Waals surface area contributed by atoms with Crippen molar-refractivity contribution in [1.82, 2.24) is 19.4 Å². The molecule has 1 N–H and O–H groups in total. The van der Waals surface area contributed by atoms with Crippen LogP contribution in [-0.2, 0) is 11.3 Å². The topological polar surface area (TPSA) is 81.3 Å². The van der Waals surface area contributed by atoms with Crippen LogP contribution < -0.4 is 10.9 Å². The van der Waals surface area contributed by atoms with E-state index in [9.17, 15) is 9.59 Å². The smallest absolute Gasteiger partial charge is 0.293 e. The van der Waals surface area contributed by atoms with E-state index in [4.69, 9.17) is 0 Å². The van der Waals surface area contributed by atoms with Crippen molar-refractivity contribution in [3.05, 3.63) is 70.6 Å². The predicted molar refractivity (Wildman–Crippen MR) is 95.6 cm³/mol. The fourth-order valence-electron chi connectivity index (χ4n) is 2.45. The van der Waals surface area contributed by atoms with Crippen molar-refractivity contribution in [2.24, 2.45) is 0 Å². The molecule has 7 nitrogen and oxygen atoms in total. The summed E-state index contributed by atoms with van der Waals surface area (Å²) >= 11 is 1.54. The minimum absolute atomic E-state index is 0.163.